The third-order valence-electron chi connectivity index (χ3n) is 3.31. The van der Waals surface area contributed by atoms with Crippen LogP contribution in [0.25, 0.3) is 5.65 Å². The number of aromatic nitrogens is 4. The van der Waals surface area contributed by atoms with Gasteiger partial charge < -0.3 is 5.32 Å². The maximum absolute atomic E-state index is 4.40. The largest absolute Gasteiger partial charge is 0.306 e. The van der Waals surface area contributed by atoms with E-state index in [0.717, 1.165) is 23.4 Å². The predicted octanol–water partition coefficient (Wildman–Crippen LogP) is 2.28. The third-order valence-corrected chi connectivity index (χ3v) is 3.31. The van der Waals surface area contributed by atoms with Gasteiger partial charge in [-0.1, -0.05) is 0 Å². The molecule has 0 saturated heterocycles. The number of fused-ring (bicyclic) bond motifs is 1. The van der Waals surface area contributed by atoms with Crippen molar-refractivity contribution < 1.29 is 0 Å². The topological polar surface area (TPSA) is 55.1 Å². The third kappa shape index (κ3) is 2.67. The Morgan fingerprint density at radius 3 is 2.90 bits per heavy atom. The first kappa shape index (κ1) is 12.7. The second-order valence-corrected chi connectivity index (χ2v) is 4.93. The molecule has 20 heavy (non-hydrogen) atoms. The summed E-state index contributed by atoms with van der Waals surface area (Å²) in [5.41, 5.74) is 4.20. The van der Waals surface area contributed by atoms with Crippen LogP contribution in [0.4, 0.5) is 0 Å². The number of aryl methyl sites for hydroxylation is 1. The first-order valence-electron chi connectivity index (χ1n) is 6.66. The van der Waals surface area contributed by atoms with Gasteiger partial charge in [0.2, 0.25) is 0 Å². The van der Waals surface area contributed by atoms with Crippen LogP contribution in [0.2, 0.25) is 0 Å². The molecular weight excluding hydrogens is 250 g/mol. The lowest BCUT2D eigenvalue weighted by atomic mass is 10.1. The van der Waals surface area contributed by atoms with E-state index in [9.17, 15) is 0 Å². The zero-order chi connectivity index (χ0) is 13.9. The molecule has 1 atom stereocenters. The molecule has 3 heterocycles. The summed E-state index contributed by atoms with van der Waals surface area (Å²) in [5, 5.41) is 7.86. The molecule has 0 bridgehead atoms. The van der Waals surface area contributed by atoms with Crippen molar-refractivity contribution in [3.05, 3.63) is 59.8 Å². The Balaban J connectivity index is 1.70. The fourth-order valence-corrected chi connectivity index (χ4v) is 2.17. The molecule has 102 valence electrons. The van der Waals surface area contributed by atoms with Crippen molar-refractivity contribution in [1.82, 2.24) is 24.9 Å². The van der Waals surface area contributed by atoms with Gasteiger partial charge >= 0.3 is 0 Å². The van der Waals surface area contributed by atoms with Gasteiger partial charge in [-0.15, -0.1) is 0 Å². The van der Waals surface area contributed by atoms with E-state index in [0.29, 0.717) is 0 Å². The van der Waals surface area contributed by atoms with E-state index >= 15 is 0 Å². The minimum Gasteiger partial charge on any atom is -0.306 e. The van der Waals surface area contributed by atoms with Crippen molar-refractivity contribution >= 4 is 5.65 Å². The summed E-state index contributed by atoms with van der Waals surface area (Å²) < 4.78 is 1.82. The smallest absolute Gasteiger partial charge is 0.155 e. The average molecular weight is 267 g/mol. The molecule has 0 aromatic carbocycles. The van der Waals surface area contributed by atoms with Crippen molar-refractivity contribution in [3.8, 4) is 0 Å². The lowest BCUT2D eigenvalue weighted by Crippen LogP contribution is -2.18. The molecule has 0 fully saturated rings. The van der Waals surface area contributed by atoms with E-state index in [1.54, 1.807) is 0 Å². The number of nitrogens with one attached hydrogen (secondary N) is 1. The highest BCUT2D eigenvalue weighted by Gasteiger charge is 2.05. The van der Waals surface area contributed by atoms with Crippen LogP contribution >= 0.6 is 0 Å². The van der Waals surface area contributed by atoms with Crippen LogP contribution in [0, 0.1) is 6.92 Å². The van der Waals surface area contributed by atoms with Gasteiger partial charge in [0.05, 0.1) is 5.69 Å². The molecule has 1 N–H and O–H groups in total. The van der Waals surface area contributed by atoms with Gasteiger partial charge in [0.25, 0.3) is 0 Å². The quantitative estimate of drug-likeness (QED) is 0.788. The van der Waals surface area contributed by atoms with Crippen molar-refractivity contribution in [2.75, 3.05) is 0 Å². The molecule has 0 radical (unpaired) electrons. The minimum atomic E-state index is 0.271. The fraction of sp³-hybridized carbons (Fsp3) is 0.267. The number of nitrogens with zero attached hydrogens (tertiary/aromatic N) is 4. The van der Waals surface area contributed by atoms with Crippen LogP contribution in [-0.4, -0.2) is 19.6 Å². The average Bonchev–Trinajstić information content (AvgIpc) is 2.85. The normalized spacial score (nSPS) is 12.7. The van der Waals surface area contributed by atoms with Crippen LogP contribution in [-0.2, 0) is 6.54 Å². The van der Waals surface area contributed by atoms with Crippen LogP contribution in [0.5, 0.6) is 0 Å². The first-order chi connectivity index (χ1) is 9.72. The summed E-state index contributed by atoms with van der Waals surface area (Å²) in [7, 11) is 0. The molecule has 0 unspecified atom stereocenters. The standard InChI is InChI=1S/C15H17N5/c1-11-7-15-18-9-13(10-20(15)19-11)8-17-12(2)14-3-5-16-6-4-14/h3-7,9-10,12,17H,8H2,1-2H3/t12-/m0/s1. The van der Waals surface area contributed by atoms with Gasteiger partial charge in [-0.05, 0) is 31.5 Å². The van der Waals surface area contributed by atoms with Crippen LogP contribution < -0.4 is 5.32 Å². The Kier molecular flexibility index (Phi) is 3.43. The van der Waals surface area contributed by atoms with E-state index in [-0.39, 0.29) is 6.04 Å². The Morgan fingerprint density at radius 1 is 1.30 bits per heavy atom. The minimum absolute atomic E-state index is 0.271. The van der Waals surface area contributed by atoms with E-state index in [4.69, 9.17) is 0 Å². The van der Waals surface area contributed by atoms with Gasteiger partial charge in [0.1, 0.15) is 0 Å². The van der Waals surface area contributed by atoms with E-state index in [1.807, 2.05) is 54.4 Å². The molecule has 0 aliphatic carbocycles. The van der Waals surface area contributed by atoms with Gasteiger partial charge in [-0.2, -0.15) is 5.10 Å². The first-order valence-corrected chi connectivity index (χ1v) is 6.66. The summed E-state index contributed by atoms with van der Waals surface area (Å²) in [6.45, 7) is 4.86. The number of pyridine rings is 1. The summed E-state index contributed by atoms with van der Waals surface area (Å²) in [4.78, 5) is 8.44. The molecular formula is C15H17N5. The molecule has 0 saturated carbocycles. The van der Waals surface area contributed by atoms with Gasteiger partial charge in [-0.3, -0.25) is 4.98 Å². The van der Waals surface area contributed by atoms with E-state index in [2.05, 4.69) is 27.3 Å². The summed E-state index contributed by atoms with van der Waals surface area (Å²) in [5.74, 6) is 0. The van der Waals surface area contributed by atoms with Crippen LogP contribution in [0.3, 0.4) is 0 Å². The molecule has 0 spiro atoms. The second kappa shape index (κ2) is 5.38. The molecule has 0 aliphatic rings. The van der Waals surface area contributed by atoms with Crippen LogP contribution in [0.1, 0.15) is 29.8 Å². The van der Waals surface area contributed by atoms with Crippen molar-refractivity contribution in [1.29, 1.82) is 0 Å². The van der Waals surface area contributed by atoms with E-state index in [1.165, 1.54) is 5.56 Å². The highest BCUT2D eigenvalue weighted by molar-refractivity contribution is 5.38. The number of hydrogen-bond donors (Lipinski definition) is 1. The van der Waals surface area contributed by atoms with Crippen molar-refractivity contribution in [2.24, 2.45) is 0 Å². The highest BCUT2D eigenvalue weighted by atomic mass is 15.2. The molecule has 5 nitrogen and oxygen atoms in total. The molecule has 5 heteroatoms. The monoisotopic (exact) mass is 267 g/mol. The Morgan fingerprint density at radius 2 is 2.10 bits per heavy atom. The molecule has 0 aliphatic heterocycles. The summed E-state index contributed by atoms with van der Waals surface area (Å²) in [6.07, 6.45) is 7.53. The predicted molar refractivity (Wildman–Crippen MR) is 77.2 cm³/mol. The number of hydrogen-bond acceptors (Lipinski definition) is 4. The van der Waals surface area contributed by atoms with E-state index < -0.39 is 0 Å². The van der Waals surface area contributed by atoms with Crippen molar-refractivity contribution in [3.63, 3.8) is 0 Å². The lowest BCUT2D eigenvalue weighted by Gasteiger charge is -2.13. The summed E-state index contributed by atoms with van der Waals surface area (Å²) in [6, 6.07) is 6.29. The maximum atomic E-state index is 4.40. The molecule has 0 amide bonds. The molecule has 3 rings (SSSR count). The Labute approximate surface area is 117 Å². The second-order valence-electron chi connectivity index (χ2n) is 4.93. The Bertz CT molecular complexity index is 705. The van der Waals surface area contributed by atoms with Gasteiger partial charge in [0, 0.05) is 49.0 Å². The fourth-order valence-electron chi connectivity index (χ4n) is 2.17. The Hall–Kier alpha value is -2.27. The number of rotatable bonds is 4. The molecule has 3 aromatic heterocycles. The van der Waals surface area contributed by atoms with Gasteiger partial charge in [0.15, 0.2) is 5.65 Å². The highest BCUT2D eigenvalue weighted by Crippen LogP contribution is 2.11. The summed E-state index contributed by atoms with van der Waals surface area (Å²) >= 11 is 0. The SMILES string of the molecule is Cc1cc2ncc(CN[C@@H](C)c3ccncc3)cn2n1. The molecule has 3 aromatic rings. The van der Waals surface area contributed by atoms with Gasteiger partial charge in [-0.25, -0.2) is 9.50 Å². The van der Waals surface area contributed by atoms with Crippen LogP contribution in [0.15, 0.2) is 43.0 Å². The van der Waals surface area contributed by atoms with Crippen molar-refractivity contribution in [2.45, 2.75) is 26.4 Å². The maximum Gasteiger partial charge on any atom is 0.155 e. The zero-order valence-electron chi connectivity index (χ0n) is 11.6. The zero-order valence-corrected chi connectivity index (χ0v) is 11.6. The lowest BCUT2D eigenvalue weighted by molar-refractivity contribution is 0.571.